The van der Waals surface area contributed by atoms with Crippen molar-refractivity contribution >= 4 is 0 Å². The van der Waals surface area contributed by atoms with E-state index in [9.17, 15) is 4.79 Å². The highest BCUT2D eigenvalue weighted by molar-refractivity contribution is 5.21. The summed E-state index contributed by atoms with van der Waals surface area (Å²) < 4.78 is 7.43. The molecule has 110 valence electrons. The minimum atomic E-state index is -0.0316. The molecule has 0 bridgehead atoms. The molecule has 0 aliphatic rings. The summed E-state index contributed by atoms with van der Waals surface area (Å²) in [7, 11) is 0. The van der Waals surface area contributed by atoms with E-state index in [0.29, 0.717) is 18.9 Å². The molecule has 0 radical (unpaired) electrons. The van der Waals surface area contributed by atoms with Gasteiger partial charge in [0, 0.05) is 12.3 Å². The third-order valence-electron chi connectivity index (χ3n) is 3.40. The van der Waals surface area contributed by atoms with Crippen molar-refractivity contribution in [3.63, 3.8) is 0 Å². The SMILES string of the molecule is O=c1ccc(OCc2ccccc2)cn1Cc1ccccc1. The molecular weight excluding hydrogens is 274 g/mol. The van der Waals surface area contributed by atoms with E-state index >= 15 is 0 Å². The summed E-state index contributed by atoms with van der Waals surface area (Å²) in [5.74, 6) is 0.694. The van der Waals surface area contributed by atoms with Crippen molar-refractivity contribution < 1.29 is 4.74 Å². The highest BCUT2D eigenvalue weighted by atomic mass is 16.5. The van der Waals surface area contributed by atoms with Gasteiger partial charge in [0.15, 0.2) is 0 Å². The van der Waals surface area contributed by atoms with Crippen LogP contribution in [0.25, 0.3) is 0 Å². The molecular formula is C19H17NO2. The first-order valence-corrected chi connectivity index (χ1v) is 7.22. The van der Waals surface area contributed by atoms with Crippen LogP contribution in [0.15, 0.2) is 83.8 Å². The zero-order chi connectivity index (χ0) is 15.2. The molecule has 0 aliphatic carbocycles. The van der Waals surface area contributed by atoms with Gasteiger partial charge in [-0.2, -0.15) is 0 Å². The Morgan fingerprint density at radius 2 is 1.41 bits per heavy atom. The van der Waals surface area contributed by atoms with Gasteiger partial charge in [0.25, 0.3) is 5.56 Å². The molecule has 0 fully saturated rings. The molecule has 0 spiro atoms. The second-order valence-corrected chi connectivity index (χ2v) is 5.09. The highest BCUT2D eigenvalue weighted by Crippen LogP contribution is 2.11. The van der Waals surface area contributed by atoms with Gasteiger partial charge in [0.2, 0.25) is 0 Å². The fraction of sp³-hybridized carbons (Fsp3) is 0.105. The van der Waals surface area contributed by atoms with Crippen LogP contribution >= 0.6 is 0 Å². The van der Waals surface area contributed by atoms with E-state index in [2.05, 4.69) is 0 Å². The van der Waals surface area contributed by atoms with Gasteiger partial charge in [-0.25, -0.2) is 0 Å². The average Bonchev–Trinajstić information content (AvgIpc) is 2.57. The predicted octanol–water partition coefficient (Wildman–Crippen LogP) is 3.48. The number of hydrogen-bond acceptors (Lipinski definition) is 2. The number of pyridine rings is 1. The van der Waals surface area contributed by atoms with E-state index < -0.39 is 0 Å². The van der Waals surface area contributed by atoms with E-state index in [4.69, 9.17) is 4.74 Å². The van der Waals surface area contributed by atoms with Crippen LogP contribution in [0.1, 0.15) is 11.1 Å². The Bertz CT molecular complexity index is 779. The maximum absolute atomic E-state index is 12.0. The predicted molar refractivity (Wildman–Crippen MR) is 87.0 cm³/mol. The Balaban J connectivity index is 1.74. The topological polar surface area (TPSA) is 31.2 Å². The van der Waals surface area contributed by atoms with Gasteiger partial charge in [0.05, 0.1) is 6.54 Å². The molecule has 3 heteroatoms. The monoisotopic (exact) mass is 291 g/mol. The number of aromatic nitrogens is 1. The van der Waals surface area contributed by atoms with Crippen molar-refractivity contribution in [2.24, 2.45) is 0 Å². The Hall–Kier alpha value is -2.81. The van der Waals surface area contributed by atoms with Crippen molar-refractivity contribution in [3.8, 4) is 5.75 Å². The molecule has 22 heavy (non-hydrogen) atoms. The molecule has 3 nitrogen and oxygen atoms in total. The smallest absolute Gasteiger partial charge is 0.251 e. The van der Waals surface area contributed by atoms with E-state index in [1.807, 2.05) is 60.7 Å². The molecule has 0 amide bonds. The summed E-state index contributed by atoms with van der Waals surface area (Å²) >= 11 is 0. The lowest BCUT2D eigenvalue weighted by Gasteiger charge is -2.10. The van der Waals surface area contributed by atoms with Gasteiger partial charge in [-0.15, -0.1) is 0 Å². The average molecular weight is 291 g/mol. The number of nitrogens with zero attached hydrogens (tertiary/aromatic N) is 1. The molecule has 0 unspecified atom stereocenters. The fourth-order valence-corrected chi connectivity index (χ4v) is 2.24. The van der Waals surface area contributed by atoms with Crippen LogP contribution in [0.4, 0.5) is 0 Å². The van der Waals surface area contributed by atoms with Crippen LogP contribution in [-0.4, -0.2) is 4.57 Å². The quantitative estimate of drug-likeness (QED) is 0.720. The fourth-order valence-electron chi connectivity index (χ4n) is 2.24. The second kappa shape index (κ2) is 6.76. The first-order valence-electron chi connectivity index (χ1n) is 7.22. The van der Waals surface area contributed by atoms with Gasteiger partial charge in [-0.1, -0.05) is 60.7 Å². The molecule has 3 rings (SSSR count). The zero-order valence-electron chi connectivity index (χ0n) is 12.2. The Morgan fingerprint density at radius 3 is 2.09 bits per heavy atom. The van der Waals surface area contributed by atoms with Crippen molar-refractivity contribution in [1.29, 1.82) is 0 Å². The lowest BCUT2D eigenvalue weighted by Crippen LogP contribution is -2.19. The summed E-state index contributed by atoms with van der Waals surface area (Å²) in [6.07, 6.45) is 1.76. The van der Waals surface area contributed by atoms with Gasteiger partial charge in [-0.3, -0.25) is 4.79 Å². The second-order valence-electron chi connectivity index (χ2n) is 5.09. The molecule has 2 aromatic carbocycles. The van der Waals surface area contributed by atoms with Crippen LogP contribution in [0.3, 0.4) is 0 Å². The molecule has 3 aromatic rings. The Labute approximate surface area is 129 Å². The normalized spacial score (nSPS) is 10.4. The molecule has 0 N–H and O–H groups in total. The minimum Gasteiger partial charge on any atom is -0.487 e. The van der Waals surface area contributed by atoms with E-state index in [-0.39, 0.29) is 5.56 Å². The first kappa shape index (κ1) is 14.1. The molecule has 0 saturated carbocycles. The lowest BCUT2D eigenvalue weighted by molar-refractivity contribution is 0.303. The van der Waals surface area contributed by atoms with Gasteiger partial charge < -0.3 is 9.30 Å². The van der Waals surface area contributed by atoms with E-state index in [1.54, 1.807) is 22.9 Å². The van der Waals surface area contributed by atoms with Crippen molar-refractivity contribution in [3.05, 3.63) is 100 Å². The van der Waals surface area contributed by atoms with Crippen LogP contribution in [0, 0.1) is 0 Å². The number of hydrogen-bond donors (Lipinski definition) is 0. The van der Waals surface area contributed by atoms with Crippen LogP contribution < -0.4 is 10.3 Å². The third-order valence-corrected chi connectivity index (χ3v) is 3.40. The highest BCUT2D eigenvalue weighted by Gasteiger charge is 2.01. The molecule has 0 saturated heterocycles. The van der Waals surface area contributed by atoms with Crippen molar-refractivity contribution in [2.75, 3.05) is 0 Å². The largest absolute Gasteiger partial charge is 0.487 e. The van der Waals surface area contributed by atoms with E-state index in [0.717, 1.165) is 11.1 Å². The van der Waals surface area contributed by atoms with Gasteiger partial charge in [-0.05, 0) is 17.2 Å². The Kier molecular flexibility index (Phi) is 4.35. The van der Waals surface area contributed by atoms with Crippen molar-refractivity contribution in [2.45, 2.75) is 13.2 Å². The van der Waals surface area contributed by atoms with E-state index in [1.165, 1.54) is 0 Å². The maximum Gasteiger partial charge on any atom is 0.251 e. The third kappa shape index (κ3) is 3.64. The number of rotatable bonds is 5. The lowest BCUT2D eigenvalue weighted by atomic mass is 10.2. The van der Waals surface area contributed by atoms with Gasteiger partial charge in [0.1, 0.15) is 12.4 Å². The number of benzene rings is 2. The summed E-state index contributed by atoms with van der Waals surface area (Å²) in [6.45, 7) is 1.03. The molecule has 1 aromatic heterocycles. The first-order chi connectivity index (χ1) is 10.8. The van der Waals surface area contributed by atoms with Gasteiger partial charge >= 0.3 is 0 Å². The molecule has 0 aliphatic heterocycles. The summed E-state index contributed by atoms with van der Waals surface area (Å²) in [5.41, 5.74) is 2.16. The minimum absolute atomic E-state index is 0.0316. The summed E-state index contributed by atoms with van der Waals surface area (Å²) in [4.78, 5) is 12.0. The van der Waals surface area contributed by atoms with Crippen LogP contribution in [0.5, 0.6) is 5.75 Å². The summed E-state index contributed by atoms with van der Waals surface area (Å²) in [6, 6.07) is 23.1. The zero-order valence-corrected chi connectivity index (χ0v) is 12.2. The molecule has 1 heterocycles. The van der Waals surface area contributed by atoms with Crippen LogP contribution in [0.2, 0.25) is 0 Å². The van der Waals surface area contributed by atoms with Crippen LogP contribution in [-0.2, 0) is 13.2 Å². The standard InChI is InChI=1S/C19H17NO2/c21-19-12-11-18(22-15-17-9-5-2-6-10-17)14-20(19)13-16-7-3-1-4-8-16/h1-12,14H,13,15H2. The maximum atomic E-state index is 12.0. The molecule has 0 atom stereocenters. The number of ether oxygens (including phenoxy) is 1. The summed E-state index contributed by atoms with van der Waals surface area (Å²) in [5, 5.41) is 0. The Morgan fingerprint density at radius 1 is 0.773 bits per heavy atom. The van der Waals surface area contributed by atoms with Crippen molar-refractivity contribution in [1.82, 2.24) is 4.57 Å².